The van der Waals surface area contributed by atoms with Crippen molar-refractivity contribution in [3.63, 3.8) is 0 Å². The maximum absolute atomic E-state index is 12.2. The molecule has 0 atom stereocenters. The second-order valence-corrected chi connectivity index (χ2v) is 7.71. The molecule has 0 spiro atoms. The monoisotopic (exact) mass is 312 g/mol. The van der Waals surface area contributed by atoms with E-state index < -0.39 is 10.0 Å². The molecule has 1 aliphatic carbocycles. The van der Waals surface area contributed by atoms with Gasteiger partial charge in [0.2, 0.25) is 10.0 Å². The molecule has 0 heterocycles. The third kappa shape index (κ3) is 4.18. The van der Waals surface area contributed by atoms with Crippen LogP contribution in [0, 0.1) is 0 Å². The van der Waals surface area contributed by atoms with Crippen molar-refractivity contribution < 1.29 is 13.2 Å². The Balaban J connectivity index is 2.25. The quantitative estimate of drug-likeness (QED) is 0.797. The van der Waals surface area contributed by atoms with Gasteiger partial charge < -0.3 is 10.1 Å². The van der Waals surface area contributed by atoms with Gasteiger partial charge in [0.05, 0.1) is 11.5 Å². The molecule has 0 aliphatic heterocycles. The number of hydrogen-bond donors (Lipinski definition) is 1. The molecule has 1 aromatic carbocycles. The Morgan fingerprint density at radius 2 is 2.05 bits per heavy atom. The van der Waals surface area contributed by atoms with Gasteiger partial charge >= 0.3 is 0 Å². The minimum atomic E-state index is -3.41. The van der Waals surface area contributed by atoms with Crippen molar-refractivity contribution in [3.8, 4) is 5.75 Å². The molecule has 1 aliphatic rings. The van der Waals surface area contributed by atoms with Crippen LogP contribution in [-0.2, 0) is 16.6 Å². The van der Waals surface area contributed by atoms with Crippen molar-refractivity contribution in [2.24, 2.45) is 0 Å². The molecule has 0 saturated heterocycles. The maximum atomic E-state index is 12.2. The average molecular weight is 312 g/mol. The van der Waals surface area contributed by atoms with Crippen LogP contribution in [-0.4, -0.2) is 39.5 Å². The van der Waals surface area contributed by atoms with E-state index in [2.05, 4.69) is 5.32 Å². The summed E-state index contributed by atoms with van der Waals surface area (Å²) in [6.45, 7) is 3.32. The van der Waals surface area contributed by atoms with Crippen molar-refractivity contribution in [1.82, 2.24) is 9.62 Å². The second-order valence-electron chi connectivity index (χ2n) is 5.56. The summed E-state index contributed by atoms with van der Waals surface area (Å²) in [5, 5.41) is 3.41. The summed E-state index contributed by atoms with van der Waals surface area (Å²) in [6, 6.07) is 5.66. The standard InChI is InChI=1S/C15H24N2O3S/c1-4-9-20-15-8-7-14(21(18,19)17(2)3)10-12(15)11-16-13-5-6-13/h7-8,10,13,16H,4-6,9,11H2,1-3H3. The first-order chi connectivity index (χ1) is 9.95. The topological polar surface area (TPSA) is 58.6 Å². The van der Waals surface area contributed by atoms with Crippen LogP contribution in [0.2, 0.25) is 0 Å². The molecule has 118 valence electrons. The number of rotatable bonds is 8. The highest BCUT2D eigenvalue weighted by atomic mass is 32.2. The van der Waals surface area contributed by atoms with Gasteiger partial charge in [0, 0.05) is 32.2 Å². The minimum absolute atomic E-state index is 0.309. The van der Waals surface area contributed by atoms with Crippen LogP contribution in [0.5, 0.6) is 5.75 Å². The van der Waals surface area contributed by atoms with Crippen LogP contribution in [0.4, 0.5) is 0 Å². The Labute approximate surface area is 127 Å². The molecule has 2 rings (SSSR count). The van der Waals surface area contributed by atoms with Crippen molar-refractivity contribution in [3.05, 3.63) is 23.8 Å². The molecule has 1 N–H and O–H groups in total. The number of nitrogens with one attached hydrogen (secondary N) is 1. The van der Waals surface area contributed by atoms with Gasteiger partial charge in [-0.25, -0.2) is 12.7 Å². The lowest BCUT2D eigenvalue weighted by Gasteiger charge is -2.16. The first kappa shape index (κ1) is 16.3. The molecule has 1 fully saturated rings. The van der Waals surface area contributed by atoms with E-state index in [0.717, 1.165) is 17.7 Å². The van der Waals surface area contributed by atoms with Crippen molar-refractivity contribution in [2.75, 3.05) is 20.7 Å². The second kappa shape index (κ2) is 6.77. The zero-order chi connectivity index (χ0) is 15.5. The molecule has 1 aromatic rings. The van der Waals surface area contributed by atoms with Gasteiger partial charge in [-0.3, -0.25) is 0 Å². The van der Waals surface area contributed by atoms with Gasteiger partial charge in [0.25, 0.3) is 0 Å². The fraction of sp³-hybridized carbons (Fsp3) is 0.600. The van der Waals surface area contributed by atoms with Crippen molar-refractivity contribution in [2.45, 2.75) is 43.7 Å². The predicted octanol–water partition coefficient (Wildman–Crippen LogP) is 1.98. The fourth-order valence-corrected chi connectivity index (χ4v) is 2.91. The lowest BCUT2D eigenvalue weighted by Crippen LogP contribution is -2.23. The van der Waals surface area contributed by atoms with E-state index in [1.165, 1.54) is 17.1 Å². The van der Waals surface area contributed by atoms with E-state index in [1.54, 1.807) is 32.3 Å². The third-order valence-corrected chi connectivity index (χ3v) is 5.24. The van der Waals surface area contributed by atoms with Gasteiger partial charge in [0.1, 0.15) is 5.75 Å². The molecule has 0 radical (unpaired) electrons. The molecular formula is C15H24N2O3S. The Hall–Kier alpha value is -1.11. The Morgan fingerprint density at radius 1 is 1.33 bits per heavy atom. The van der Waals surface area contributed by atoms with E-state index in [9.17, 15) is 8.42 Å². The first-order valence-corrected chi connectivity index (χ1v) is 8.80. The van der Waals surface area contributed by atoms with Crippen LogP contribution in [0.1, 0.15) is 31.7 Å². The highest BCUT2D eigenvalue weighted by Gasteiger charge is 2.22. The van der Waals surface area contributed by atoms with E-state index in [4.69, 9.17) is 4.74 Å². The van der Waals surface area contributed by atoms with E-state index in [0.29, 0.717) is 24.1 Å². The van der Waals surface area contributed by atoms with Gasteiger partial charge in [0.15, 0.2) is 0 Å². The molecule has 5 nitrogen and oxygen atoms in total. The number of benzene rings is 1. The Kier molecular flexibility index (Phi) is 5.24. The van der Waals surface area contributed by atoms with Gasteiger partial charge in [-0.05, 0) is 37.5 Å². The average Bonchev–Trinajstić information content (AvgIpc) is 3.27. The largest absolute Gasteiger partial charge is 0.493 e. The van der Waals surface area contributed by atoms with Gasteiger partial charge in [-0.15, -0.1) is 0 Å². The number of sulfonamides is 1. The third-order valence-electron chi connectivity index (χ3n) is 3.43. The summed E-state index contributed by atoms with van der Waals surface area (Å²) in [4.78, 5) is 0.309. The SMILES string of the molecule is CCCOc1ccc(S(=O)(=O)N(C)C)cc1CNC1CC1. The molecular weight excluding hydrogens is 288 g/mol. The Morgan fingerprint density at radius 3 is 2.62 bits per heavy atom. The summed E-state index contributed by atoms with van der Waals surface area (Å²) >= 11 is 0. The lowest BCUT2D eigenvalue weighted by atomic mass is 10.2. The summed E-state index contributed by atoms with van der Waals surface area (Å²) in [5.74, 6) is 0.766. The minimum Gasteiger partial charge on any atom is -0.493 e. The summed E-state index contributed by atoms with van der Waals surface area (Å²) in [6.07, 6.45) is 3.31. The van der Waals surface area contributed by atoms with Crippen molar-refractivity contribution in [1.29, 1.82) is 0 Å². The van der Waals surface area contributed by atoms with Crippen LogP contribution >= 0.6 is 0 Å². The molecule has 0 amide bonds. The highest BCUT2D eigenvalue weighted by molar-refractivity contribution is 7.89. The lowest BCUT2D eigenvalue weighted by molar-refractivity contribution is 0.313. The summed E-state index contributed by atoms with van der Waals surface area (Å²) < 4.78 is 31.4. The van der Waals surface area contributed by atoms with Crippen LogP contribution in [0.3, 0.4) is 0 Å². The first-order valence-electron chi connectivity index (χ1n) is 7.36. The highest BCUT2D eigenvalue weighted by Crippen LogP contribution is 2.26. The molecule has 1 saturated carbocycles. The fourth-order valence-electron chi connectivity index (χ4n) is 1.96. The number of nitrogens with zero attached hydrogens (tertiary/aromatic N) is 1. The van der Waals surface area contributed by atoms with Gasteiger partial charge in [-0.1, -0.05) is 6.92 Å². The molecule has 0 bridgehead atoms. The normalized spacial score (nSPS) is 15.4. The van der Waals surface area contributed by atoms with Crippen LogP contribution in [0.25, 0.3) is 0 Å². The maximum Gasteiger partial charge on any atom is 0.242 e. The number of hydrogen-bond acceptors (Lipinski definition) is 4. The van der Waals surface area contributed by atoms with Crippen LogP contribution < -0.4 is 10.1 Å². The van der Waals surface area contributed by atoms with Gasteiger partial charge in [-0.2, -0.15) is 0 Å². The van der Waals surface area contributed by atoms with E-state index in [1.807, 2.05) is 6.92 Å². The summed E-state index contributed by atoms with van der Waals surface area (Å²) in [7, 11) is -0.328. The molecule has 21 heavy (non-hydrogen) atoms. The van der Waals surface area contributed by atoms with E-state index >= 15 is 0 Å². The van der Waals surface area contributed by atoms with Crippen LogP contribution in [0.15, 0.2) is 23.1 Å². The Bertz CT molecular complexity index is 581. The molecule has 0 aromatic heterocycles. The molecule has 0 unspecified atom stereocenters. The summed E-state index contributed by atoms with van der Waals surface area (Å²) in [5.41, 5.74) is 0.901. The van der Waals surface area contributed by atoms with Crippen molar-refractivity contribution >= 4 is 10.0 Å². The molecule has 6 heteroatoms. The zero-order valence-electron chi connectivity index (χ0n) is 12.9. The smallest absolute Gasteiger partial charge is 0.242 e. The number of ether oxygens (including phenoxy) is 1. The zero-order valence-corrected chi connectivity index (χ0v) is 13.7. The van der Waals surface area contributed by atoms with E-state index in [-0.39, 0.29) is 0 Å². The predicted molar refractivity (Wildman–Crippen MR) is 83.0 cm³/mol.